The number of ether oxygens (including phenoxy) is 1. The highest BCUT2D eigenvalue weighted by Crippen LogP contribution is 2.39. The molecule has 2 aromatic rings. The fourth-order valence-electron chi connectivity index (χ4n) is 2.59. The Kier molecular flexibility index (Phi) is 3.78. The number of halogens is 1. The maximum Gasteiger partial charge on any atom is 0.148 e. The molecule has 8 nitrogen and oxygen atoms in total. The summed E-state index contributed by atoms with van der Waals surface area (Å²) in [6, 6.07) is 0. The molecule has 0 unspecified atom stereocenters. The van der Waals surface area contributed by atoms with Gasteiger partial charge >= 0.3 is 0 Å². The van der Waals surface area contributed by atoms with E-state index in [-0.39, 0.29) is 6.42 Å². The van der Waals surface area contributed by atoms with Crippen LogP contribution in [-0.4, -0.2) is 54.8 Å². The lowest BCUT2D eigenvalue weighted by atomic mass is 9.99. The van der Waals surface area contributed by atoms with E-state index in [1.165, 1.54) is 6.33 Å². The summed E-state index contributed by atoms with van der Waals surface area (Å²) < 4.78 is 8.32. The Labute approximate surface area is 133 Å². The van der Waals surface area contributed by atoms with Gasteiger partial charge in [-0.05, 0) is 22.6 Å². The second-order valence-electron chi connectivity index (χ2n) is 5.05. The zero-order valence-electron chi connectivity index (χ0n) is 11.0. The molecule has 0 spiro atoms. The van der Waals surface area contributed by atoms with Gasteiger partial charge in [0.25, 0.3) is 0 Å². The van der Waals surface area contributed by atoms with E-state index in [1.54, 1.807) is 10.8 Å². The van der Waals surface area contributed by atoms with Crippen molar-refractivity contribution in [3.63, 3.8) is 0 Å². The van der Waals surface area contributed by atoms with E-state index in [2.05, 4.69) is 32.6 Å². The lowest BCUT2D eigenvalue weighted by Crippen LogP contribution is -2.46. The Balaban J connectivity index is 2.05. The van der Waals surface area contributed by atoms with Crippen LogP contribution < -0.4 is 5.73 Å². The molecule has 1 aliphatic heterocycles. The molecule has 5 N–H and O–H groups in total. The van der Waals surface area contributed by atoms with Gasteiger partial charge in [-0.2, -0.15) is 0 Å². The molecule has 1 aliphatic rings. The van der Waals surface area contributed by atoms with E-state index in [9.17, 15) is 15.3 Å². The SMILES string of the molecule is Nc1ncnc2c1c(I)cn2[C@H]1C[C@H](O)C(CO)(CO)O1. The van der Waals surface area contributed by atoms with Crippen molar-refractivity contribution in [1.29, 1.82) is 0 Å². The van der Waals surface area contributed by atoms with Gasteiger partial charge in [0.05, 0.1) is 24.7 Å². The minimum atomic E-state index is -1.36. The molecule has 21 heavy (non-hydrogen) atoms. The molecule has 0 radical (unpaired) electrons. The van der Waals surface area contributed by atoms with E-state index in [0.29, 0.717) is 11.5 Å². The van der Waals surface area contributed by atoms with Gasteiger partial charge in [-0.3, -0.25) is 0 Å². The molecule has 1 fully saturated rings. The van der Waals surface area contributed by atoms with Crippen LogP contribution in [0.3, 0.4) is 0 Å². The third-order valence-electron chi connectivity index (χ3n) is 3.84. The normalized spacial score (nSPS) is 24.8. The summed E-state index contributed by atoms with van der Waals surface area (Å²) in [5, 5.41) is 29.6. The van der Waals surface area contributed by atoms with Crippen LogP contribution in [0.1, 0.15) is 12.6 Å². The average molecular weight is 406 g/mol. The Morgan fingerprint density at radius 2 is 2.14 bits per heavy atom. The van der Waals surface area contributed by atoms with Crippen LogP contribution in [0.2, 0.25) is 0 Å². The van der Waals surface area contributed by atoms with Crippen LogP contribution in [-0.2, 0) is 4.74 Å². The summed E-state index contributed by atoms with van der Waals surface area (Å²) in [4.78, 5) is 8.17. The minimum Gasteiger partial charge on any atom is -0.393 e. The highest BCUT2D eigenvalue weighted by molar-refractivity contribution is 14.1. The van der Waals surface area contributed by atoms with Crippen LogP contribution in [0.5, 0.6) is 0 Å². The number of nitrogens with two attached hydrogens (primary N) is 1. The Bertz CT molecular complexity index is 673. The first-order valence-electron chi connectivity index (χ1n) is 6.36. The Morgan fingerprint density at radius 3 is 2.76 bits per heavy atom. The van der Waals surface area contributed by atoms with Gasteiger partial charge in [-0.25, -0.2) is 9.97 Å². The van der Waals surface area contributed by atoms with Gasteiger partial charge in [0.2, 0.25) is 0 Å². The molecular formula is C12H15IN4O4. The van der Waals surface area contributed by atoms with Crippen molar-refractivity contribution in [2.24, 2.45) is 0 Å². The molecule has 114 valence electrons. The number of aliphatic hydroxyl groups is 3. The Hall–Kier alpha value is -1.01. The van der Waals surface area contributed by atoms with Crippen molar-refractivity contribution >= 4 is 39.4 Å². The van der Waals surface area contributed by atoms with Crippen LogP contribution in [0.4, 0.5) is 5.82 Å². The highest BCUT2D eigenvalue weighted by atomic mass is 127. The molecule has 0 amide bonds. The molecule has 3 rings (SSSR count). The molecule has 0 aromatic carbocycles. The van der Waals surface area contributed by atoms with Crippen LogP contribution in [0.15, 0.2) is 12.5 Å². The third-order valence-corrected chi connectivity index (χ3v) is 4.66. The summed E-state index contributed by atoms with van der Waals surface area (Å²) in [5.41, 5.74) is 5.10. The number of nitrogens with zero attached hydrogens (tertiary/aromatic N) is 3. The van der Waals surface area contributed by atoms with Crippen LogP contribution in [0, 0.1) is 3.57 Å². The van der Waals surface area contributed by atoms with Crippen molar-refractivity contribution in [2.45, 2.75) is 24.4 Å². The average Bonchev–Trinajstić information content (AvgIpc) is 2.98. The number of nitrogen functional groups attached to an aromatic ring is 1. The number of anilines is 1. The summed E-state index contributed by atoms with van der Waals surface area (Å²) >= 11 is 2.13. The van der Waals surface area contributed by atoms with E-state index in [4.69, 9.17) is 10.5 Å². The number of rotatable bonds is 3. The summed E-state index contributed by atoms with van der Waals surface area (Å²) in [7, 11) is 0. The smallest absolute Gasteiger partial charge is 0.148 e. The topological polar surface area (TPSA) is 127 Å². The van der Waals surface area contributed by atoms with Gasteiger partial charge in [-0.15, -0.1) is 0 Å². The molecule has 0 bridgehead atoms. The summed E-state index contributed by atoms with van der Waals surface area (Å²) in [5.74, 6) is 0.372. The first kappa shape index (κ1) is 14.9. The van der Waals surface area contributed by atoms with Gasteiger partial charge in [0.1, 0.15) is 29.6 Å². The number of aromatic nitrogens is 3. The zero-order valence-corrected chi connectivity index (χ0v) is 13.1. The summed E-state index contributed by atoms with van der Waals surface area (Å²) in [6.45, 7) is -0.927. The van der Waals surface area contributed by atoms with Gasteiger partial charge in [0, 0.05) is 16.2 Å². The lowest BCUT2D eigenvalue weighted by molar-refractivity contribution is -0.148. The predicted molar refractivity (Wildman–Crippen MR) is 82.3 cm³/mol. The van der Waals surface area contributed by atoms with E-state index < -0.39 is 31.1 Å². The van der Waals surface area contributed by atoms with E-state index >= 15 is 0 Å². The summed E-state index contributed by atoms with van der Waals surface area (Å²) in [6.07, 6.45) is 1.90. The second-order valence-corrected chi connectivity index (χ2v) is 6.21. The number of hydrogen-bond donors (Lipinski definition) is 4. The van der Waals surface area contributed by atoms with Gasteiger partial charge < -0.3 is 30.4 Å². The molecule has 1 saturated heterocycles. The zero-order chi connectivity index (χ0) is 15.2. The number of aliphatic hydroxyl groups excluding tert-OH is 3. The maximum atomic E-state index is 10.1. The minimum absolute atomic E-state index is 0.241. The molecule has 0 aliphatic carbocycles. The van der Waals surface area contributed by atoms with Gasteiger partial charge in [0.15, 0.2) is 0 Å². The third kappa shape index (κ3) is 2.19. The molecule has 2 atom stereocenters. The Morgan fingerprint density at radius 1 is 1.43 bits per heavy atom. The fraction of sp³-hybridized carbons (Fsp3) is 0.500. The van der Waals surface area contributed by atoms with Crippen molar-refractivity contribution < 1.29 is 20.1 Å². The van der Waals surface area contributed by atoms with E-state index in [0.717, 1.165) is 8.96 Å². The molecule has 3 heterocycles. The first-order valence-corrected chi connectivity index (χ1v) is 7.44. The van der Waals surface area contributed by atoms with Crippen molar-refractivity contribution in [3.8, 4) is 0 Å². The molecular weight excluding hydrogens is 391 g/mol. The second kappa shape index (κ2) is 5.32. The van der Waals surface area contributed by atoms with Crippen LogP contribution in [0.25, 0.3) is 11.0 Å². The maximum absolute atomic E-state index is 10.1. The standard InChI is InChI=1S/C12H15IN4O4/c13-6-2-17(11-9(6)10(14)15-5-16-11)8-1-7(20)12(3-18,4-19)21-8/h2,5,7-8,18-20H,1,3-4H2,(H2,14,15,16)/t7-,8+/m0/s1. The van der Waals surface area contributed by atoms with E-state index in [1.807, 2.05) is 0 Å². The largest absolute Gasteiger partial charge is 0.393 e. The van der Waals surface area contributed by atoms with Crippen molar-refractivity contribution in [3.05, 3.63) is 16.1 Å². The number of hydrogen-bond acceptors (Lipinski definition) is 7. The van der Waals surface area contributed by atoms with Crippen LogP contribution >= 0.6 is 22.6 Å². The predicted octanol–water partition coefficient (Wildman–Crippen LogP) is -0.379. The quantitative estimate of drug-likeness (QED) is 0.512. The van der Waals surface area contributed by atoms with Crippen molar-refractivity contribution in [1.82, 2.24) is 14.5 Å². The first-order chi connectivity index (χ1) is 10.0. The lowest BCUT2D eigenvalue weighted by Gasteiger charge is -2.27. The monoisotopic (exact) mass is 406 g/mol. The van der Waals surface area contributed by atoms with Gasteiger partial charge in [-0.1, -0.05) is 0 Å². The number of fused-ring (bicyclic) bond motifs is 1. The molecule has 0 saturated carbocycles. The fourth-order valence-corrected chi connectivity index (χ4v) is 3.41. The molecule has 2 aromatic heterocycles. The highest BCUT2D eigenvalue weighted by Gasteiger charge is 2.48. The molecule has 9 heteroatoms. The van der Waals surface area contributed by atoms with Crippen molar-refractivity contribution in [2.75, 3.05) is 18.9 Å².